The van der Waals surface area contributed by atoms with Crippen LogP contribution in [0.25, 0.3) is 0 Å². The number of nitrogens with one attached hydrogen (secondary N) is 2. The van der Waals surface area contributed by atoms with Crippen LogP contribution in [0.15, 0.2) is 0 Å². The summed E-state index contributed by atoms with van der Waals surface area (Å²) < 4.78 is 5.16. The molecule has 0 saturated carbocycles. The predicted molar refractivity (Wildman–Crippen MR) is 31.3 cm³/mol. The lowest BCUT2D eigenvalue weighted by molar-refractivity contribution is 0.0595. The van der Waals surface area contributed by atoms with Gasteiger partial charge in [-0.2, -0.15) is 0 Å². The van der Waals surface area contributed by atoms with E-state index in [0.717, 1.165) is 0 Å². The number of rotatable bonds is 1. The van der Waals surface area contributed by atoms with Gasteiger partial charge in [-0.15, -0.1) is 11.6 Å². The summed E-state index contributed by atoms with van der Waals surface area (Å²) in [5.41, 5.74) is 5.72. The van der Waals surface area contributed by atoms with Gasteiger partial charge >= 0.3 is 0 Å². The molecule has 0 bridgehead atoms. The van der Waals surface area contributed by atoms with Crippen molar-refractivity contribution in [3.63, 3.8) is 0 Å². The minimum atomic E-state index is -0.0216. The van der Waals surface area contributed by atoms with Crippen LogP contribution in [0.3, 0.4) is 0 Å². The molecular weight excluding hydrogens is 128 g/mol. The van der Waals surface area contributed by atoms with Crippen LogP contribution < -0.4 is 10.9 Å². The van der Waals surface area contributed by atoms with Crippen molar-refractivity contribution >= 4 is 11.6 Å². The average Bonchev–Trinajstić information content (AvgIpc) is 2.14. The first-order valence-corrected chi connectivity index (χ1v) is 3.09. The van der Waals surface area contributed by atoms with Crippen molar-refractivity contribution in [2.45, 2.75) is 19.4 Å². The van der Waals surface area contributed by atoms with Gasteiger partial charge in [0.05, 0.1) is 5.88 Å². The summed E-state index contributed by atoms with van der Waals surface area (Å²) in [5.74, 6) is 0.483. The lowest BCUT2D eigenvalue weighted by Crippen LogP contribution is -2.32. The van der Waals surface area contributed by atoms with Crippen molar-refractivity contribution < 1.29 is 4.74 Å². The molecule has 0 amide bonds. The maximum absolute atomic E-state index is 5.45. The minimum absolute atomic E-state index is 0.0216. The van der Waals surface area contributed by atoms with E-state index in [9.17, 15) is 0 Å². The summed E-state index contributed by atoms with van der Waals surface area (Å²) in [6.45, 7) is 1.92. The summed E-state index contributed by atoms with van der Waals surface area (Å²) in [6.07, 6.45) is 0.0606. The van der Waals surface area contributed by atoms with Crippen LogP contribution in [0.4, 0.5) is 0 Å². The highest BCUT2D eigenvalue weighted by molar-refractivity contribution is 6.18. The van der Waals surface area contributed by atoms with E-state index in [4.69, 9.17) is 16.3 Å². The van der Waals surface area contributed by atoms with Crippen LogP contribution in [-0.4, -0.2) is 18.3 Å². The SMILES string of the molecule is CC1NNC(CCl)O1. The Morgan fingerprint density at radius 1 is 1.62 bits per heavy atom. The van der Waals surface area contributed by atoms with Gasteiger partial charge in [-0.3, -0.25) is 0 Å². The Balaban J connectivity index is 2.22. The van der Waals surface area contributed by atoms with Crippen molar-refractivity contribution in [1.82, 2.24) is 10.9 Å². The lowest BCUT2D eigenvalue weighted by atomic mass is 10.7. The predicted octanol–water partition coefficient (Wildman–Crippen LogP) is 0.0217. The maximum Gasteiger partial charge on any atom is 0.136 e. The molecule has 4 heteroatoms. The number of hydrazine groups is 1. The van der Waals surface area contributed by atoms with Crippen molar-refractivity contribution in [2.24, 2.45) is 0 Å². The smallest absolute Gasteiger partial charge is 0.136 e. The van der Waals surface area contributed by atoms with Crippen molar-refractivity contribution in [3.8, 4) is 0 Å². The molecule has 1 fully saturated rings. The third-order valence-corrected chi connectivity index (χ3v) is 1.24. The fraction of sp³-hybridized carbons (Fsp3) is 1.00. The molecule has 1 heterocycles. The molecule has 0 aromatic carbocycles. The number of halogens is 1. The van der Waals surface area contributed by atoms with Crippen LogP contribution in [0.2, 0.25) is 0 Å². The van der Waals surface area contributed by atoms with Crippen LogP contribution in [0.1, 0.15) is 6.92 Å². The normalized spacial score (nSPS) is 38.2. The van der Waals surface area contributed by atoms with E-state index >= 15 is 0 Å². The highest BCUT2D eigenvalue weighted by Crippen LogP contribution is 1.99. The molecule has 8 heavy (non-hydrogen) atoms. The van der Waals surface area contributed by atoms with Crippen molar-refractivity contribution in [2.75, 3.05) is 5.88 Å². The molecule has 2 unspecified atom stereocenters. The Hall–Kier alpha value is 0.170. The first-order chi connectivity index (χ1) is 3.83. The molecule has 0 aromatic rings. The Morgan fingerprint density at radius 2 is 2.38 bits per heavy atom. The summed E-state index contributed by atoms with van der Waals surface area (Å²) >= 11 is 5.45. The number of hydrogen-bond acceptors (Lipinski definition) is 3. The van der Waals surface area contributed by atoms with Gasteiger partial charge in [-0.05, 0) is 6.92 Å². The van der Waals surface area contributed by atoms with E-state index in [2.05, 4.69) is 10.9 Å². The second kappa shape index (κ2) is 2.64. The first-order valence-electron chi connectivity index (χ1n) is 2.55. The van der Waals surface area contributed by atoms with Gasteiger partial charge in [-0.25, -0.2) is 10.9 Å². The second-order valence-corrected chi connectivity index (χ2v) is 2.02. The molecule has 0 aromatic heterocycles. The number of alkyl halides is 1. The third-order valence-electron chi connectivity index (χ3n) is 0.956. The van der Waals surface area contributed by atoms with Gasteiger partial charge in [0.1, 0.15) is 12.5 Å². The third kappa shape index (κ3) is 1.32. The highest BCUT2D eigenvalue weighted by atomic mass is 35.5. The van der Waals surface area contributed by atoms with E-state index in [1.165, 1.54) is 0 Å². The zero-order valence-corrected chi connectivity index (χ0v) is 5.40. The summed E-state index contributed by atoms with van der Waals surface area (Å²) in [7, 11) is 0. The van der Waals surface area contributed by atoms with Gasteiger partial charge in [0.15, 0.2) is 0 Å². The molecule has 2 atom stereocenters. The standard InChI is InChI=1S/C4H9ClN2O/c1-3-6-7-4(2-5)8-3/h3-4,6-7H,2H2,1H3. The second-order valence-electron chi connectivity index (χ2n) is 1.71. The molecule has 48 valence electrons. The Labute approximate surface area is 53.3 Å². The monoisotopic (exact) mass is 136 g/mol. The molecule has 1 saturated heterocycles. The molecule has 1 aliphatic rings. The van der Waals surface area contributed by atoms with Gasteiger partial charge in [0, 0.05) is 0 Å². The summed E-state index contributed by atoms with van der Waals surface area (Å²) in [4.78, 5) is 0. The molecule has 2 N–H and O–H groups in total. The van der Waals surface area contributed by atoms with Crippen molar-refractivity contribution in [1.29, 1.82) is 0 Å². The van der Waals surface area contributed by atoms with Crippen molar-refractivity contribution in [3.05, 3.63) is 0 Å². The van der Waals surface area contributed by atoms with E-state index < -0.39 is 0 Å². The Bertz CT molecular complexity index is 80.4. The average molecular weight is 137 g/mol. The van der Waals surface area contributed by atoms with Gasteiger partial charge in [0.25, 0.3) is 0 Å². The molecule has 0 spiro atoms. The van der Waals surface area contributed by atoms with E-state index in [1.807, 2.05) is 6.92 Å². The maximum atomic E-state index is 5.45. The fourth-order valence-corrected chi connectivity index (χ4v) is 0.750. The summed E-state index contributed by atoms with van der Waals surface area (Å²) in [6, 6.07) is 0. The zero-order valence-electron chi connectivity index (χ0n) is 4.65. The number of hydrogen-bond donors (Lipinski definition) is 2. The van der Waals surface area contributed by atoms with Crippen LogP contribution in [0.5, 0.6) is 0 Å². The lowest BCUT2D eigenvalue weighted by Gasteiger charge is -2.01. The molecule has 3 nitrogen and oxygen atoms in total. The molecule has 1 rings (SSSR count). The molecule has 1 aliphatic heterocycles. The first kappa shape index (κ1) is 6.29. The Morgan fingerprint density at radius 3 is 2.62 bits per heavy atom. The molecular formula is C4H9ClN2O. The quantitative estimate of drug-likeness (QED) is 0.499. The van der Waals surface area contributed by atoms with E-state index in [0.29, 0.717) is 5.88 Å². The largest absolute Gasteiger partial charge is 0.342 e. The Kier molecular flexibility index (Phi) is 2.08. The molecule has 0 aliphatic carbocycles. The van der Waals surface area contributed by atoms with Crippen LogP contribution >= 0.6 is 11.6 Å². The van der Waals surface area contributed by atoms with Gasteiger partial charge in [0.2, 0.25) is 0 Å². The van der Waals surface area contributed by atoms with Gasteiger partial charge in [-0.1, -0.05) is 0 Å². The topological polar surface area (TPSA) is 33.3 Å². The van der Waals surface area contributed by atoms with Crippen LogP contribution in [-0.2, 0) is 4.74 Å². The van der Waals surface area contributed by atoms with Gasteiger partial charge < -0.3 is 4.74 Å². The van der Waals surface area contributed by atoms with E-state index in [-0.39, 0.29) is 12.5 Å². The summed E-state index contributed by atoms with van der Waals surface area (Å²) in [5, 5.41) is 0. The zero-order chi connectivity index (χ0) is 5.98. The fourth-order valence-electron chi connectivity index (χ4n) is 0.600. The number of ether oxygens (including phenoxy) is 1. The van der Waals surface area contributed by atoms with E-state index in [1.54, 1.807) is 0 Å². The minimum Gasteiger partial charge on any atom is -0.342 e. The molecule has 0 radical (unpaired) electrons. The highest BCUT2D eigenvalue weighted by Gasteiger charge is 2.17. The van der Waals surface area contributed by atoms with Crippen LogP contribution in [0, 0.1) is 0 Å².